The molecule has 2 fully saturated rings. The van der Waals surface area contributed by atoms with Crippen LogP contribution in [0.2, 0.25) is 0 Å². The van der Waals surface area contributed by atoms with E-state index in [2.05, 4.69) is 18.1 Å². The van der Waals surface area contributed by atoms with Gasteiger partial charge in [-0.3, -0.25) is 9.48 Å². The van der Waals surface area contributed by atoms with Crippen molar-refractivity contribution in [1.82, 2.24) is 9.78 Å². The topological polar surface area (TPSA) is 55.1 Å². The average molecular weight is 248 g/mol. The van der Waals surface area contributed by atoms with E-state index in [0.29, 0.717) is 18.3 Å². The van der Waals surface area contributed by atoms with Crippen LogP contribution in [-0.2, 0) is 24.7 Å². The number of hydrogen-bond donors (Lipinski definition) is 1. The van der Waals surface area contributed by atoms with E-state index >= 15 is 0 Å². The van der Waals surface area contributed by atoms with Crippen LogP contribution in [0.4, 0.5) is 0 Å². The molecule has 4 heteroatoms. The fraction of sp³-hybridized carbons (Fsp3) is 0.714. The third-order valence-electron chi connectivity index (χ3n) is 4.74. The zero-order valence-corrected chi connectivity index (χ0v) is 11.0. The van der Waals surface area contributed by atoms with Gasteiger partial charge in [-0.2, -0.15) is 5.10 Å². The number of fused-ring (bicyclic) bond motifs is 1. The normalized spacial score (nSPS) is 33.4. The number of nitrogens with zero attached hydrogens (tertiary/aromatic N) is 2. The average Bonchev–Trinajstić information content (AvgIpc) is 2.79. The fourth-order valence-corrected chi connectivity index (χ4v) is 3.55. The van der Waals surface area contributed by atoms with E-state index in [1.54, 1.807) is 0 Å². The summed E-state index contributed by atoms with van der Waals surface area (Å²) in [7, 11) is 1.92. The second-order valence-electron chi connectivity index (χ2n) is 6.03. The molecule has 1 N–H and O–H groups in total. The van der Waals surface area contributed by atoms with Crippen molar-refractivity contribution in [3.05, 3.63) is 17.5 Å². The maximum Gasteiger partial charge on any atom is 0.310 e. The van der Waals surface area contributed by atoms with Crippen LogP contribution < -0.4 is 0 Å². The molecule has 1 aromatic rings. The van der Waals surface area contributed by atoms with Gasteiger partial charge in [0.2, 0.25) is 0 Å². The Hall–Kier alpha value is -1.32. The second kappa shape index (κ2) is 3.84. The summed E-state index contributed by atoms with van der Waals surface area (Å²) in [5.41, 5.74) is 1.60. The van der Waals surface area contributed by atoms with E-state index < -0.39 is 11.4 Å². The van der Waals surface area contributed by atoms with Crippen molar-refractivity contribution in [2.45, 2.75) is 39.0 Å². The third kappa shape index (κ3) is 1.74. The number of carbonyl (C=O) groups is 1. The Morgan fingerprint density at radius 3 is 2.72 bits per heavy atom. The molecule has 0 spiro atoms. The lowest BCUT2D eigenvalue weighted by atomic mass is 9.78. The second-order valence-corrected chi connectivity index (χ2v) is 6.03. The van der Waals surface area contributed by atoms with Crippen LogP contribution in [0.3, 0.4) is 0 Å². The zero-order chi connectivity index (χ0) is 12.9. The number of hydrogen-bond acceptors (Lipinski definition) is 2. The predicted octanol–water partition coefficient (Wildman–Crippen LogP) is 2.03. The minimum atomic E-state index is -0.617. The lowest BCUT2D eigenvalue weighted by Gasteiger charge is -2.25. The SMILES string of the molecule is CCc1cc(CC2(C(=O)O)CC3CC3C2)n(C)n1. The highest BCUT2D eigenvalue weighted by atomic mass is 16.4. The number of aromatic nitrogens is 2. The van der Waals surface area contributed by atoms with Gasteiger partial charge < -0.3 is 5.11 Å². The summed E-state index contributed by atoms with van der Waals surface area (Å²) < 4.78 is 1.85. The lowest BCUT2D eigenvalue weighted by Crippen LogP contribution is -2.32. The van der Waals surface area contributed by atoms with Crippen molar-refractivity contribution in [2.75, 3.05) is 0 Å². The lowest BCUT2D eigenvalue weighted by molar-refractivity contribution is -0.149. The summed E-state index contributed by atoms with van der Waals surface area (Å²) >= 11 is 0. The Morgan fingerprint density at radius 1 is 1.56 bits per heavy atom. The predicted molar refractivity (Wildman–Crippen MR) is 67.2 cm³/mol. The first-order valence-electron chi connectivity index (χ1n) is 6.79. The first kappa shape index (κ1) is 11.8. The van der Waals surface area contributed by atoms with Crippen molar-refractivity contribution in [1.29, 1.82) is 0 Å². The molecule has 2 saturated carbocycles. The zero-order valence-electron chi connectivity index (χ0n) is 11.0. The Morgan fingerprint density at radius 2 is 2.22 bits per heavy atom. The van der Waals surface area contributed by atoms with E-state index in [-0.39, 0.29) is 0 Å². The van der Waals surface area contributed by atoms with Gasteiger partial charge in [0.05, 0.1) is 11.1 Å². The monoisotopic (exact) mass is 248 g/mol. The van der Waals surface area contributed by atoms with Crippen LogP contribution in [0.15, 0.2) is 6.07 Å². The Bertz CT molecular complexity index is 482. The van der Waals surface area contributed by atoms with Crippen molar-refractivity contribution in [2.24, 2.45) is 24.3 Å². The van der Waals surface area contributed by atoms with E-state index in [1.807, 2.05) is 11.7 Å². The van der Waals surface area contributed by atoms with Gasteiger partial charge in [-0.05, 0) is 43.6 Å². The van der Waals surface area contributed by atoms with Crippen LogP contribution in [0.5, 0.6) is 0 Å². The van der Waals surface area contributed by atoms with Gasteiger partial charge in [-0.1, -0.05) is 6.92 Å². The first-order valence-corrected chi connectivity index (χ1v) is 6.79. The van der Waals surface area contributed by atoms with Crippen molar-refractivity contribution < 1.29 is 9.90 Å². The van der Waals surface area contributed by atoms with Gasteiger partial charge in [-0.15, -0.1) is 0 Å². The van der Waals surface area contributed by atoms with E-state index in [1.165, 1.54) is 6.42 Å². The molecule has 2 atom stereocenters. The minimum Gasteiger partial charge on any atom is -0.481 e. The standard InChI is InChI=1S/C14H20N2O2/c1-3-11-5-12(16(2)15-11)8-14(13(17)18)6-9-4-10(9)7-14/h5,9-10H,3-4,6-8H2,1-2H3,(H,17,18). The highest BCUT2D eigenvalue weighted by Gasteiger charge is 2.57. The molecule has 0 aliphatic heterocycles. The molecule has 2 aliphatic rings. The highest BCUT2D eigenvalue weighted by Crippen LogP contribution is 2.60. The molecule has 2 unspecified atom stereocenters. The van der Waals surface area contributed by atoms with E-state index in [9.17, 15) is 9.90 Å². The molecule has 2 aliphatic carbocycles. The quantitative estimate of drug-likeness (QED) is 0.887. The molecule has 0 saturated heterocycles. The van der Waals surface area contributed by atoms with Crippen LogP contribution in [0.1, 0.15) is 37.6 Å². The van der Waals surface area contributed by atoms with Gasteiger partial charge in [-0.25, -0.2) is 0 Å². The Balaban J connectivity index is 1.84. The smallest absolute Gasteiger partial charge is 0.310 e. The Labute approximate surface area is 107 Å². The Kier molecular flexibility index (Phi) is 2.50. The largest absolute Gasteiger partial charge is 0.481 e. The van der Waals surface area contributed by atoms with Gasteiger partial charge >= 0.3 is 5.97 Å². The van der Waals surface area contributed by atoms with Gasteiger partial charge in [0.1, 0.15) is 0 Å². The van der Waals surface area contributed by atoms with Gasteiger partial charge in [0, 0.05) is 19.2 Å². The number of carboxylic acids is 1. The third-order valence-corrected chi connectivity index (χ3v) is 4.74. The number of carboxylic acid groups (broad SMARTS) is 1. The van der Waals surface area contributed by atoms with Crippen LogP contribution in [-0.4, -0.2) is 20.9 Å². The number of aliphatic carboxylic acids is 1. The van der Waals surface area contributed by atoms with E-state index in [0.717, 1.165) is 30.7 Å². The number of rotatable bonds is 4. The molecule has 0 amide bonds. The van der Waals surface area contributed by atoms with Crippen molar-refractivity contribution >= 4 is 5.97 Å². The molecule has 18 heavy (non-hydrogen) atoms. The molecule has 98 valence electrons. The summed E-state index contributed by atoms with van der Waals surface area (Å²) in [6.45, 7) is 2.07. The molecule has 1 heterocycles. The molecule has 1 aromatic heterocycles. The summed E-state index contributed by atoms with van der Waals surface area (Å²) in [4.78, 5) is 11.7. The minimum absolute atomic E-state index is 0.521. The maximum atomic E-state index is 11.7. The van der Waals surface area contributed by atoms with Crippen molar-refractivity contribution in [3.63, 3.8) is 0 Å². The van der Waals surface area contributed by atoms with E-state index in [4.69, 9.17) is 0 Å². The molecular formula is C14H20N2O2. The fourth-order valence-electron chi connectivity index (χ4n) is 3.55. The number of aryl methyl sites for hydroxylation is 2. The molecule has 0 bridgehead atoms. The molecule has 0 aromatic carbocycles. The van der Waals surface area contributed by atoms with Gasteiger partial charge in [0.25, 0.3) is 0 Å². The summed E-state index contributed by atoms with van der Waals surface area (Å²) in [5, 5.41) is 14.0. The van der Waals surface area contributed by atoms with Crippen LogP contribution in [0.25, 0.3) is 0 Å². The summed E-state index contributed by atoms with van der Waals surface area (Å²) in [5.74, 6) is 0.744. The molecule has 4 nitrogen and oxygen atoms in total. The van der Waals surface area contributed by atoms with Crippen molar-refractivity contribution in [3.8, 4) is 0 Å². The molecular weight excluding hydrogens is 228 g/mol. The highest BCUT2D eigenvalue weighted by molar-refractivity contribution is 5.76. The molecule has 0 radical (unpaired) electrons. The summed E-state index contributed by atoms with van der Waals surface area (Å²) in [6, 6.07) is 2.06. The molecule has 3 rings (SSSR count). The first-order chi connectivity index (χ1) is 8.54. The van der Waals surface area contributed by atoms with Gasteiger partial charge in [0.15, 0.2) is 0 Å². The van der Waals surface area contributed by atoms with Crippen LogP contribution >= 0.6 is 0 Å². The maximum absolute atomic E-state index is 11.7. The van der Waals surface area contributed by atoms with Crippen LogP contribution in [0, 0.1) is 17.3 Å². The summed E-state index contributed by atoms with van der Waals surface area (Å²) in [6.07, 6.45) is 4.51.